The lowest BCUT2D eigenvalue weighted by Gasteiger charge is -2.15. The van der Waals surface area contributed by atoms with Crippen LogP contribution in [0.25, 0.3) is 10.9 Å². The number of carbonyl (C=O) groups is 1. The van der Waals surface area contributed by atoms with Crippen molar-refractivity contribution in [1.29, 1.82) is 0 Å². The van der Waals surface area contributed by atoms with Crippen molar-refractivity contribution in [2.24, 2.45) is 0 Å². The molecule has 0 unspecified atom stereocenters. The average Bonchev–Trinajstić information content (AvgIpc) is 3.14. The number of amides is 1. The van der Waals surface area contributed by atoms with Crippen LogP contribution in [0.2, 0.25) is 0 Å². The molecule has 0 spiro atoms. The molecule has 1 aromatic carbocycles. The maximum atomic E-state index is 12.7. The lowest BCUT2D eigenvalue weighted by atomic mass is 10.1. The number of H-pyrrole nitrogens is 1. The van der Waals surface area contributed by atoms with Gasteiger partial charge < -0.3 is 14.6 Å². The normalized spacial score (nSPS) is 10.9. The van der Waals surface area contributed by atoms with E-state index in [4.69, 9.17) is 4.74 Å². The van der Waals surface area contributed by atoms with Gasteiger partial charge >= 0.3 is 0 Å². The van der Waals surface area contributed by atoms with E-state index < -0.39 is 0 Å². The molecule has 5 nitrogen and oxygen atoms in total. The van der Waals surface area contributed by atoms with Crippen molar-refractivity contribution in [1.82, 2.24) is 14.9 Å². The van der Waals surface area contributed by atoms with Crippen molar-refractivity contribution in [3.63, 3.8) is 0 Å². The molecule has 1 N–H and O–H groups in total. The zero-order valence-electron chi connectivity index (χ0n) is 12.7. The quantitative estimate of drug-likeness (QED) is 0.804. The average molecular weight is 315 g/mol. The van der Waals surface area contributed by atoms with Crippen LogP contribution in [-0.2, 0) is 6.54 Å². The first-order valence-electron chi connectivity index (χ1n) is 6.89. The Bertz CT molecular complexity index is 808. The van der Waals surface area contributed by atoms with Crippen molar-refractivity contribution in [3.8, 4) is 5.75 Å². The van der Waals surface area contributed by atoms with E-state index >= 15 is 0 Å². The Balaban J connectivity index is 1.91. The molecule has 22 heavy (non-hydrogen) atoms. The third kappa shape index (κ3) is 2.57. The number of methoxy groups -OCH3 is 1. The largest absolute Gasteiger partial charge is 0.497 e. The highest BCUT2D eigenvalue weighted by Gasteiger charge is 2.19. The third-order valence-corrected chi connectivity index (χ3v) is 4.34. The highest BCUT2D eigenvalue weighted by molar-refractivity contribution is 7.07. The summed E-state index contributed by atoms with van der Waals surface area (Å²) < 4.78 is 5.25. The van der Waals surface area contributed by atoms with E-state index in [2.05, 4.69) is 9.97 Å². The number of thiazole rings is 1. The zero-order valence-corrected chi connectivity index (χ0v) is 13.5. The summed E-state index contributed by atoms with van der Waals surface area (Å²) in [5.41, 5.74) is 5.15. The summed E-state index contributed by atoms with van der Waals surface area (Å²) in [4.78, 5) is 21.8. The standard InChI is InChI=1S/C16H17N3O2S/c1-10-13-6-12(21-3)4-5-14(13)18-15(10)16(20)19(2)7-11-8-22-9-17-11/h4-6,8-9,18H,7H2,1-3H3. The predicted molar refractivity (Wildman–Crippen MR) is 87.5 cm³/mol. The Morgan fingerprint density at radius 2 is 2.27 bits per heavy atom. The van der Waals surface area contributed by atoms with Crippen LogP contribution >= 0.6 is 11.3 Å². The van der Waals surface area contributed by atoms with Crippen LogP contribution < -0.4 is 4.74 Å². The summed E-state index contributed by atoms with van der Waals surface area (Å²) in [5, 5.41) is 2.96. The Hall–Kier alpha value is -2.34. The first-order valence-corrected chi connectivity index (χ1v) is 7.83. The van der Waals surface area contributed by atoms with Gasteiger partial charge in [-0.1, -0.05) is 0 Å². The number of hydrogen-bond donors (Lipinski definition) is 1. The number of aromatic nitrogens is 2. The van der Waals surface area contributed by atoms with Crippen LogP contribution in [0.15, 0.2) is 29.1 Å². The number of nitrogens with one attached hydrogen (secondary N) is 1. The number of aromatic amines is 1. The molecule has 0 fully saturated rings. The molecule has 0 aliphatic carbocycles. The molecule has 1 amide bonds. The molecule has 0 saturated heterocycles. The van der Waals surface area contributed by atoms with Gasteiger partial charge in [0.15, 0.2) is 0 Å². The third-order valence-electron chi connectivity index (χ3n) is 3.71. The number of aryl methyl sites for hydroxylation is 1. The first kappa shape index (κ1) is 14.6. The molecule has 0 atom stereocenters. The van der Waals surface area contributed by atoms with Crippen LogP contribution in [0.4, 0.5) is 0 Å². The Morgan fingerprint density at radius 1 is 1.45 bits per heavy atom. The van der Waals surface area contributed by atoms with Gasteiger partial charge in [0.25, 0.3) is 5.91 Å². The van der Waals surface area contributed by atoms with E-state index in [0.29, 0.717) is 12.2 Å². The van der Waals surface area contributed by atoms with E-state index in [9.17, 15) is 4.79 Å². The van der Waals surface area contributed by atoms with E-state index in [1.54, 1.807) is 24.6 Å². The van der Waals surface area contributed by atoms with E-state index in [1.807, 2.05) is 30.5 Å². The summed E-state index contributed by atoms with van der Waals surface area (Å²) in [7, 11) is 3.42. The second-order valence-corrected chi connectivity index (χ2v) is 5.90. The molecule has 0 bridgehead atoms. The zero-order chi connectivity index (χ0) is 15.7. The van der Waals surface area contributed by atoms with Crippen LogP contribution in [-0.4, -0.2) is 34.9 Å². The number of carbonyl (C=O) groups excluding carboxylic acids is 1. The molecule has 6 heteroatoms. The van der Waals surface area contributed by atoms with Crippen LogP contribution in [0.5, 0.6) is 5.75 Å². The summed E-state index contributed by atoms with van der Waals surface area (Å²) in [6, 6.07) is 5.75. The summed E-state index contributed by atoms with van der Waals surface area (Å²) in [5.74, 6) is 0.741. The lowest BCUT2D eigenvalue weighted by Crippen LogP contribution is -2.27. The smallest absolute Gasteiger partial charge is 0.270 e. The SMILES string of the molecule is COc1ccc2[nH]c(C(=O)N(C)Cc3cscn3)c(C)c2c1. The first-order chi connectivity index (χ1) is 10.6. The van der Waals surface area contributed by atoms with Crippen molar-refractivity contribution in [2.75, 3.05) is 14.2 Å². The highest BCUT2D eigenvalue weighted by Crippen LogP contribution is 2.26. The van der Waals surface area contributed by atoms with Crippen molar-refractivity contribution in [3.05, 3.63) is 46.0 Å². The molecule has 2 heterocycles. The molecule has 3 aromatic rings. The van der Waals surface area contributed by atoms with E-state index in [0.717, 1.165) is 27.9 Å². The van der Waals surface area contributed by atoms with E-state index in [-0.39, 0.29) is 5.91 Å². The Morgan fingerprint density at radius 3 is 2.95 bits per heavy atom. The maximum absolute atomic E-state index is 12.7. The fourth-order valence-electron chi connectivity index (χ4n) is 2.47. The fourth-order valence-corrected chi connectivity index (χ4v) is 3.02. The summed E-state index contributed by atoms with van der Waals surface area (Å²) in [6.07, 6.45) is 0. The van der Waals surface area contributed by atoms with Gasteiger partial charge in [0.1, 0.15) is 11.4 Å². The highest BCUT2D eigenvalue weighted by atomic mass is 32.1. The Kier molecular flexibility index (Phi) is 3.85. The van der Waals surface area contributed by atoms with Gasteiger partial charge in [-0.05, 0) is 30.7 Å². The number of hydrogen-bond acceptors (Lipinski definition) is 4. The lowest BCUT2D eigenvalue weighted by molar-refractivity contribution is 0.0778. The van der Waals surface area contributed by atoms with Crippen molar-refractivity contribution < 1.29 is 9.53 Å². The van der Waals surface area contributed by atoms with Gasteiger partial charge in [-0.3, -0.25) is 4.79 Å². The van der Waals surface area contributed by atoms with Gasteiger partial charge in [-0.15, -0.1) is 11.3 Å². The number of benzene rings is 1. The second-order valence-electron chi connectivity index (χ2n) is 5.18. The molecule has 0 aliphatic rings. The molecule has 0 saturated carbocycles. The van der Waals surface area contributed by atoms with Gasteiger partial charge in [0, 0.05) is 23.3 Å². The van der Waals surface area contributed by atoms with Gasteiger partial charge in [-0.2, -0.15) is 0 Å². The number of rotatable bonds is 4. The van der Waals surface area contributed by atoms with Gasteiger partial charge in [0.05, 0.1) is 24.9 Å². The number of fused-ring (bicyclic) bond motifs is 1. The molecule has 2 aromatic heterocycles. The minimum Gasteiger partial charge on any atom is -0.497 e. The summed E-state index contributed by atoms with van der Waals surface area (Å²) in [6.45, 7) is 2.45. The molecular formula is C16H17N3O2S. The molecule has 114 valence electrons. The van der Waals surface area contributed by atoms with E-state index in [1.165, 1.54) is 11.3 Å². The fraction of sp³-hybridized carbons (Fsp3) is 0.250. The molecule has 0 aliphatic heterocycles. The van der Waals surface area contributed by atoms with Crippen molar-refractivity contribution >= 4 is 28.1 Å². The number of nitrogens with zero attached hydrogens (tertiary/aromatic N) is 2. The minimum absolute atomic E-state index is 0.0410. The second kappa shape index (κ2) is 5.81. The predicted octanol–water partition coefficient (Wildman–Crippen LogP) is 3.21. The van der Waals surface area contributed by atoms with Gasteiger partial charge in [0.2, 0.25) is 0 Å². The maximum Gasteiger partial charge on any atom is 0.270 e. The minimum atomic E-state index is -0.0410. The van der Waals surface area contributed by atoms with Crippen LogP contribution in [0.1, 0.15) is 21.7 Å². The topological polar surface area (TPSA) is 58.2 Å². The van der Waals surface area contributed by atoms with Crippen LogP contribution in [0.3, 0.4) is 0 Å². The van der Waals surface area contributed by atoms with Crippen LogP contribution in [0, 0.1) is 6.92 Å². The monoisotopic (exact) mass is 315 g/mol. The number of ether oxygens (including phenoxy) is 1. The Labute approximate surface area is 132 Å². The van der Waals surface area contributed by atoms with Crippen molar-refractivity contribution in [2.45, 2.75) is 13.5 Å². The molecule has 3 rings (SSSR count). The molecule has 0 radical (unpaired) electrons. The molecular weight excluding hydrogens is 298 g/mol. The van der Waals surface area contributed by atoms with Gasteiger partial charge in [-0.25, -0.2) is 4.98 Å². The summed E-state index contributed by atoms with van der Waals surface area (Å²) >= 11 is 1.53.